The second-order valence-electron chi connectivity index (χ2n) is 7.45. The Kier molecular flexibility index (Phi) is 5.43. The van der Waals surface area contributed by atoms with Crippen molar-refractivity contribution in [3.63, 3.8) is 0 Å². The van der Waals surface area contributed by atoms with Gasteiger partial charge in [0.2, 0.25) is 0 Å². The van der Waals surface area contributed by atoms with Gasteiger partial charge in [-0.05, 0) is 30.7 Å². The molecule has 8 heteroatoms. The summed E-state index contributed by atoms with van der Waals surface area (Å²) >= 11 is 0. The molecule has 8 nitrogen and oxygen atoms in total. The summed E-state index contributed by atoms with van der Waals surface area (Å²) in [5, 5.41) is 20.9. The lowest BCUT2D eigenvalue weighted by Gasteiger charge is -2.33. The van der Waals surface area contributed by atoms with Crippen molar-refractivity contribution in [1.82, 2.24) is 10.2 Å². The van der Waals surface area contributed by atoms with E-state index in [0.717, 1.165) is 37.3 Å². The number of H-pyrrole nitrogens is 1. The van der Waals surface area contributed by atoms with Gasteiger partial charge in [0.05, 0.1) is 16.2 Å². The van der Waals surface area contributed by atoms with Crippen molar-refractivity contribution in [3.05, 3.63) is 45.6 Å². The molecule has 1 aromatic heterocycles. The number of benzene rings is 1. The predicted octanol–water partition coefficient (Wildman–Crippen LogP) is 3.93. The van der Waals surface area contributed by atoms with E-state index in [2.05, 4.69) is 27.3 Å². The molecule has 144 valence electrons. The summed E-state index contributed by atoms with van der Waals surface area (Å²) in [6.45, 7) is 7.92. The Bertz CT molecular complexity index is 838. The molecule has 0 saturated carbocycles. The Morgan fingerprint density at radius 2 is 2.04 bits per heavy atom. The van der Waals surface area contributed by atoms with E-state index in [1.807, 2.05) is 13.8 Å². The second-order valence-corrected chi connectivity index (χ2v) is 7.45. The Labute approximate surface area is 158 Å². The summed E-state index contributed by atoms with van der Waals surface area (Å²) in [6, 6.07) is 6.25. The number of nitrogens with zero attached hydrogens (tertiary/aromatic N) is 3. The molecule has 0 atom stereocenters. The highest BCUT2D eigenvalue weighted by atomic mass is 16.6. The van der Waals surface area contributed by atoms with Crippen LogP contribution < -0.4 is 10.2 Å². The van der Waals surface area contributed by atoms with Crippen LogP contribution in [0.2, 0.25) is 0 Å². The highest BCUT2D eigenvalue weighted by molar-refractivity contribution is 6.08. The van der Waals surface area contributed by atoms with Crippen LogP contribution in [0.1, 0.15) is 55.6 Å². The number of nitro benzene ring substituents is 1. The number of piperidine rings is 1. The number of hydrogen-bond donors (Lipinski definition) is 2. The number of nitro groups is 1. The molecule has 2 N–H and O–H groups in total. The van der Waals surface area contributed by atoms with Crippen molar-refractivity contribution in [2.75, 3.05) is 23.3 Å². The van der Waals surface area contributed by atoms with Gasteiger partial charge in [-0.15, -0.1) is 0 Å². The van der Waals surface area contributed by atoms with Gasteiger partial charge in [0, 0.05) is 37.0 Å². The van der Waals surface area contributed by atoms with Gasteiger partial charge in [-0.2, -0.15) is 5.10 Å². The molecule has 1 amide bonds. The molecule has 0 bridgehead atoms. The van der Waals surface area contributed by atoms with E-state index >= 15 is 0 Å². The molecule has 1 saturated heterocycles. The zero-order chi connectivity index (χ0) is 19.6. The van der Waals surface area contributed by atoms with Gasteiger partial charge in [-0.1, -0.05) is 20.8 Å². The highest BCUT2D eigenvalue weighted by Crippen LogP contribution is 2.30. The molecule has 1 fully saturated rings. The maximum absolute atomic E-state index is 12.9. The number of amides is 1. The van der Waals surface area contributed by atoms with Crippen LogP contribution in [0.4, 0.5) is 17.2 Å². The molecule has 1 aromatic carbocycles. The second kappa shape index (κ2) is 7.77. The molecule has 0 unspecified atom stereocenters. The fourth-order valence-corrected chi connectivity index (χ4v) is 3.22. The molecule has 3 rings (SSSR count). The van der Waals surface area contributed by atoms with Gasteiger partial charge in [-0.3, -0.25) is 20.0 Å². The van der Waals surface area contributed by atoms with E-state index < -0.39 is 10.8 Å². The van der Waals surface area contributed by atoms with E-state index in [-0.39, 0.29) is 11.6 Å². The van der Waals surface area contributed by atoms with E-state index in [4.69, 9.17) is 0 Å². The van der Waals surface area contributed by atoms with Crippen LogP contribution in [-0.4, -0.2) is 34.1 Å². The molecule has 27 heavy (non-hydrogen) atoms. The van der Waals surface area contributed by atoms with Gasteiger partial charge in [-0.25, -0.2) is 0 Å². The summed E-state index contributed by atoms with van der Waals surface area (Å²) in [5.74, 6) is 0.921. The quantitative estimate of drug-likeness (QED) is 0.612. The molecule has 1 aliphatic rings. The van der Waals surface area contributed by atoms with E-state index in [1.54, 1.807) is 12.1 Å². The summed E-state index contributed by atoms with van der Waals surface area (Å²) in [4.78, 5) is 25.7. The number of rotatable bonds is 5. The minimum atomic E-state index is -0.482. The molecule has 2 heterocycles. The topological polar surface area (TPSA) is 104 Å². The summed E-state index contributed by atoms with van der Waals surface area (Å²) in [6.07, 6.45) is 2.07. The molecule has 1 aliphatic heterocycles. The Morgan fingerprint density at radius 1 is 1.33 bits per heavy atom. The van der Waals surface area contributed by atoms with Crippen LogP contribution in [0.3, 0.4) is 0 Å². The maximum Gasteiger partial charge on any atom is 0.270 e. The molecule has 0 spiro atoms. The van der Waals surface area contributed by atoms with Gasteiger partial charge in [0.25, 0.3) is 11.6 Å². The lowest BCUT2D eigenvalue weighted by atomic mass is 9.98. The number of hydrogen-bond acceptors (Lipinski definition) is 5. The van der Waals surface area contributed by atoms with Crippen LogP contribution >= 0.6 is 0 Å². The van der Waals surface area contributed by atoms with Gasteiger partial charge < -0.3 is 10.2 Å². The Hall–Kier alpha value is -2.90. The number of non-ortho nitro benzene ring substituents is 1. The van der Waals surface area contributed by atoms with Gasteiger partial charge in [0.15, 0.2) is 5.82 Å². The fraction of sp³-hybridized carbons (Fsp3) is 0.474. The van der Waals surface area contributed by atoms with Crippen molar-refractivity contribution < 1.29 is 9.72 Å². The third-order valence-electron chi connectivity index (χ3n) is 5.02. The van der Waals surface area contributed by atoms with E-state index in [1.165, 1.54) is 12.1 Å². The fourth-order valence-electron chi connectivity index (χ4n) is 3.22. The number of anilines is 2. The smallest absolute Gasteiger partial charge is 0.270 e. The predicted molar refractivity (Wildman–Crippen MR) is 104 cm³/mol. The monoisotopic (exact) mass is 371 g/mol. The lowest BCUT2D eigenvalue weighted by molar-refractivity contribution is -0.384. The molecule has 0 aliphatic carbocycles. The number of carbonyl (C=O) groups is 1. The summed E-state index contributed by atoms with van der Waals surface area (Å²) < 4.78 is 0. The van der Waals surface area contributed by atoms with E-state index in [9.17, 15) is 14.9 Å². The minimum Gasteiger partial charge on any atom is -0.371 e. The number of aromatic nitrogens is 2. The van der Waals surface area contributed by atoms with Crippen LogP contribution in [0.15, 0.2) is 24.3 Å². The standard InChI is InChI=1S/C19H25N5O3/c1-12(2)16-11-18(22-21-16)20-19(25)15-10-14(24(26)27)4-5-17(15)23-8-6-13(3)7-9-23/h4-5,10-13H,6-9H2,1-3H3,(H2,20,21,22,25). The first-order valence-corrected chi connectivity index (χ1v) is 9.25. The molecular weight excluding hydrogens is 346 g/mol. The first-order valence-electron chi connectivity index (χ1n) is 9.25. The average molecular weight is 371 g/mol. The highest BCUT2D eigenvalue weighted by Gasteiger charge is 2.24. The van der Waals surface area contributed by atoms with Crippen LogP contribution in [0.5, 0.6) is 0 Å². The van der Waals surface area contributed by atoms with Crippen LogP contribution in [-0.2, 0) is 0 Å². The third kappa shape index (κ3) is 4.27. The minimum absolute atomic E-state index is 0.0980. The third-order valence-corrected chi connectivity index (χ3v) is 5.02. The van der Waals surface area contributed by atoms with Gasteiger partial charge >= 0.3 is 0 Å². The maximum atomic E-state index is 12.9. The Balaban J connectivity index is 1.89. The number of aromatic amines is 1. The Morgan fingerprint density at radius 3 is 2.63 bits per heavy atom. The normalized spacial score (nSPS) is 15.2. The van der Waals surface area contributed by atoms with E-state index in [0.29, 0.717) is 17.3 Å². The number of carbonyl (C=O) groups excluding carboxylic acids is 1. The average Bonchev–Trinajstić information content (AvgIpc) is 3.10. The van der Waals surface area contributed by atoms with Crippen molar-refractivity contribution in [2.24, 2.45) is 5.92 Å². The SMILES string of the molecule is CC1CCN(c2ccc([N+](=O)[O-])cc2C(=O)Nc2cc(C(C)C)[nH]n2)CC1. The van der Waals surface area contributed by atoms with Crippen LogP contribution in [0.25, 0.3) is 0 Å². The summed E-state index contributed by atoms with van der Waals surface area (Å²) in [7, 11) is 0. The lowest BCUT2D eigenvalue weighted by Crippen LogP contribution is -2.34. The first-order chi connectivity index (χ1) is 12.8. The largest absolute Gasteiger partial charge is 0.371 e. The van der Waals surface area contributed by atoms with Crippen LogP contribution in [0, 0.1) is 16.0 Å². The zero-order valence-electron chi connectivity index (χ0n) is 15.9. The van der Waals surface area contributed by atoms with Gasteiger partial charge in [0.1, 0.15) is 0 Å². The van der Waals surface area contributed by atoms with Crippen molar-refractivity contribution in [2.45, 2.75) is 39.5 Å². The van der Waals surface area contributed by atoms with Crippen molar-refractivity contribution >= 4 is 23.1 Å². The first kappa shape index (κ1) is 18.9. The molecule has 2 aromatic rings. The molecular formula is C19H25N5O3. The number of nitrogens with one attached hydrogen (secondary N) is 2. The van der Waals surface area contributed by atoms with Crippen molar-refractivity contribution in [3.8, 4) is 0 Å². The zero-order valence-corrected chi connectivity index (χ0v) is 15.9. The van der Waals surface area contributed by atoms with Crippen molar-refractivity contribution in [1.29, 1.82) is 0 Å². The molecule has 0 radical (unpaired) electrons. The summed E-state index contributed by atoms with van der Waals surface area (Å²) in [5.41, 5.74) is 1.84.